The minimum atomic E-state index is -3.63. The molecule has 0 unspecified atom stereocenters. The van der Waals surface area contributed by atoms with E-state index in [4.69, 9.17) is 13.7 Å². The molecule has 1 N–H and O–H groups in total. The maximum absolute atomic E-state index is 11.5. The van der Waals surface area contributed by atoms with Crippen molar-refractivity contribution in [2.45, 2.75) is 19.4 Å². The van der Waals surface area contributed by atoms with E-state index in [9.17, 15) is 18.5 Å². The summed E-state index contributed by atoms with van der Waals surface area (Å²) < 4.78 is 39.0. The molecule has 160 valence electrons. The van der Waals surface area contributed by atoms with Gasteiger partial charge in [-0.1, -0.05) is 0 Å². The van der Waals surface area contributed by atoms with Crippen LogP contribution in [0.5, 0.6) is 11.5 Å². The quantitative estimate of drug-likeness (QED) is 0.289. The summed E-state index contributed by atoms with van der Waals surface area (Å²) in [5.74, 6) is 1.06. The highest BCUT2D eigenvalue weighted by Crippen LogP contribution is 2.36. The summed E-state index contributed by atoms with van der Waals surface area (Å²) in [4.78, 5) is 10.5. The number of nitro benzene ring substituents is 1. The fourth-order valence-electron chi connectivity index (χ4n) is 3.15. The Kier molecular flexibility index (Phi) is 6.22. The van der Waals surface area contributed by atoms with Crippen LogP contribution >= 0.6 is 0 Å². The lowest BCUT2D eigenvalue weighted by Gasteiger charge is -2.17. The first-order chi connectivity index (χ1) is 14.2. The van der Waals surface area contributed by atoms with Gasteiger partial charge >= 0.3 is 0 Å². The number of hydrogen-bond acceptors (Lipinski definition) is 9. The number of hydrazone groups is 1. The second kappa shape index (κ2) is 8.67. The zero-order valence-corrected chi connectivity index (χ0v) is 17.4. The Morgan fingerprint density at radius 1 is 1.27 bits per heavy atom. The van der Waals surface area contributed by atoms with E-state index >= 15 is 0 Å². The van der Waals surface area contributed by atoms with E-state index in [-0.39, 0.29) is 18.9 Å². The Bertz CT molecular complexity index is 1080. The first-order valence-corrected chi connectivity index (χ1v) is 10.8. The van der Waals surface area contributed by atoms with Gasteiger partial charge in [-0.2, -0.15) is 13.5 Å². The molecule has 1 heterocycles. The standard InChI is InChI=1S/C19H21N3O7S/c1-12(29-30(3,25)26)8-14-9-17-18(28-11-27-17)10-16(14)19(21-20-2)13-4-6-15(7-5-13)22(23)24/h4-7,9-10,12,20H,8,11H2,1-3H3/b21-19-/t12-/m0/s1. The van der Waals surface area contributed by atoms with Crippen LogP contribution in [-0.4, -0.2) is 45.3 Å². The number of non-ortho nitro benzene ring substituents is 1. The molecule has 10 nitrogen and oxygen atoms in total. The monoisotopic (exact) mass is 435 g/mol. The number of fused-ring (bicyclic) bond motifs is 1. The third-order valence-corrected chi connectivity index (χ3v) is 4.95. The van der Waals surface area contributed by atoms with E-state index in [0.717, 1.165) is 11.8 Å². The largest absolute Gasteiger partial charge is 0.454 e. The summed E-state index contributed by atoms with van der Waals surface area (Å²) >= 11 is 0. The maximum atomic E-state index is 11.5. The lowest BCUT2D eigenvalue weighted by molar-refractivity contribution is -0.384. The van der Waals surface area contributed by atoms with Crippen LogP contribution in [0.15, 0.2) is 41.5 Å². The van der Waals surface area contributed by atoms with E-state index in [1.165, 1.54) is 12.1 Å². The van der Waals surface area contributed by atoms with Gasteiger partial charge in [0.2, 0.25) is 6.79 Å². The predicted molar refractivity (Wildman–Crippen MR) is 109 cm³/mol. The van der Waals surface area contributed by atoms with Gasteiger partial charge in [0.25, 0.3) is 15.8 Å². The number of benzene rings is 2. The summed E-state index contributed by atoms with van der Waals surface area (Å²) in [5, 5.41) is 15.3. The molecule has 0 saturated carbocycles. The summed E-state index contributed by atoms with van der Waals surface area (Å²) in [5.41, 5.74) is 5.23. The molecule has 0 aromatic heterocycles. The lowest BCUT2D eigenvalue weighted by atomic mass is 9.94. The Hall–Kier alpha value is -3.18. The van der Waals surface area contributed by atoms with Crippen LogP contribution in [0.1, 0.15) is 23.6 Å². The van der Waals surface area contributed by atoms with Crippen molar-refractivity contribution in [3.8, 4) is 11.5 Å². The van der Waals surface area contributed by atoms with E-state index in [1.54, 1.807) is 38.2 Å². The third-order valence-electron chi connectivity index (χ3n) is 4.28. The van der Waals surface area contributed by atoms with E-state index in [1.807, 2.05) is 0 Å². The number of nitro groups is 1. The molecule has 2 aromatic carbocycles. The average molecular weight is 435 g/mol. The maximum Gasteiger partial charge on any atom is 0.269 e. The summed E-state index contributed by atoms with van der Waals surface area (Å²) in [6.45, 7) is 1.72. The smallest absolute Gasteiger partial charge is 0.269 e. The van der Waals surface area contributed by atoms with Crippen molar-refractivity contribution in [2.24, 2.45) is 5.10 Å². The van der Waals surface area contributed by atoms with Crippen LogP contribution in [-0.2, 0) is 20.7 Å². The topological polar surface area (TPSA) is 129 Å². The van der Waals surface area contributed by atoms with Gasteiger partial charge in [0.1, 0.15) is 0 Å². The van der Waals surface area contributed by atoms with Crippen LogP contribution in [0.2, 0.25) is 0 Å². The van der Waals surface area contributed by atoms with Crippen LogP contribution in [0.25, 0.3) is 0 Å². The number of ether oxygens (including phenoxy) is 2. The van der Waals surface area contributed by atoms with Gasteiger partial charge in [-0.05, 0) is 36.8 Å². The van der Waals surface area contributed by atoms with Gasteiger partial charge in [-0.15, -0.1) is 0 Å². The highest BCUT2D eigenvalue weighted by Gasteiger charge is 2.23. The molecule has 0 saturated heterocycles. The van der Waals surface area contributed by atoms with Crippen LogP contribution in [0.3, 0.4) is 0 Å². The number of hydrogen-bond donors (Lipinski definition) is 1. The molecule has 0 bridgehead atoms. The average Bonchev–Trinajstić information content (AvgIpc) is 3.11. The fraction of sp³-hybridized carbons (Fsp3) is 0.316. The molecule has 0 fully saturated rings. The molecule has 0 spiro atoms. The Morgan fingerprint density at radius 3 is 2.47 bits per heavy atom. The second-order valence-corrected chi connectivity index (χ2v) is 8.27. The van der Waals surface area contributed by atoms with Gasteiger partial charge in [-0.25, -0.2) is 0 Å². The molecule has 1 aliphatic heterocycles. The van der Waals surface area contributed by atoms with Crippen molar-refractivity contribution in [3.63, 3.8) is 0 Å². The molecular weight excluding hydrogens is 414 g/mol. The van der Waals surface area contributed by atoms with Crippen molar-refractivity contribution >= 4 is 21.5 Å². The van der Waals surface area contributed by atoms with Gasteiger partial charge < -0.3 is 14.9 Å². The zero-order valence-electron chi connectivity index (χ0n) is 16.6. The molecule has 0 radical (unpaired) electrons. The highest BCUT2D eigenvalue weighted by molar-refractivity contribution is 7.86. The minimum absolute atomic E-state index is 0.0383. The van der Waals surface area contributed by atoms with Crippen molar-refractivity contribution in [1.29, 1.82) is 0 Å². The first-order valence-electron chi connectivity index (χ1n) is 8.98. The van der Waals surface area contributed by atoms with E-state index < -0.39 is 21.1 Å². The second-order valence-electron chi connectivity index (χ2n) is 6.67. The normalized spacial score (nSPS) is 14.4. The van der Waals surface area contributed by atoms with E-state index in [2.05, 4.69) is 10.5 Å². The fourth-order valence-corrected chi connectivity index (χ4v) is 3.81. The van der Waals surface area contributed by atoms with Gasteiger partial charge in [0.05, 0.1) is 23.0 Å². The summed E-state index contributed by atoms with van der Waals surface area (Å²) in [7, 11) is -1.99. The van der Waals surface area contributed by atoms with Crippen molar-refractivity contribution in [1.82, 2.24) is 5.43 Å². The molecule has 11 heteroatoms. The van der Waals surface area contributed by atoms with Gasteiger partial charge in [0.15, 0.2) is 11.5 Å². The van der Waals surface area contributed by atoms with Crippen LogP contribution in [0.4, 0.5) is 5.69 Å². The first kappa shape index (κ1) is 21.5. The van der Waals surface area contributed by atoms with Crippen LogP contribution < -0.4 is 14.9 Å². The summed E-state index contributed by atoms with van der Waals surface area (Å²) in [6.07, 6.45) is 0.621. The molecule has 2 aromatic rings. The SMILES string of the molecule is CN/N=C(/c1ccc([N+](=O)[O-])cc1)c1cc2c(cc1C[C@H](C)OS(C)(=O)=O)OCO2. The zero-order chi connectivity index (χ0) is 21.9. The Balaban J connectivity index is 2.06. The van der Waals surface area contributed by atoms with E-state index in [0.29, 0.717) is 28.3 Å². The predicted octanol–water partition coefficient (Wildman–Crippen LogP) is 2.20. The van der Waals surface area contributed by atoms with Crippen molar-refractivity contribution in [3.05, 3.63) is 63.2 Å². The lowest BCUT2D eigenvalue weighted by Crippen LogP contribution is -2.19. The summed E-state index contributed by atoms with van der Waals surface area (Å²) in [6, 6.07) is 9.49. The Labute approximate surface area is 173 Å². The Morgan fingerprint density at radius 2 is 1.90 bits per heavy atom. The van der Waals surface area contributed by atoms with Gasteiger partial charge in [0, 0.05) is 36.7 Å². The number of nitrogens with one attached hydrogen (secondary N) is 1. The molecule has 1 atom stereocenters. The molecule has 0 amide bonds. The van der Waals surface area contributed by atoms with Gasteiger partial charge in [-0.3, -0.25) is 14.3 Å². The van der Waals surface area contributed by atoms with Crippen LogP contribution in [0, 0.1) is 10.1 Å². The molecule has 3 rings (SSSR count). The molecule has 30 heavy (non-hydrogen) atoms. The van der Waals surface area contributed by atoms with Crippen molar-refractivity contribution in [2.75, 3.05) is 20.1 Å². The molecule has 1 aliphatic rings. The number of nitrogens with zero attached hydrogens (tertiary/aromatic N) is 2. The number of rotatable bonds is 8. The third kappa shape index (κ3) is 5.05. The minimum Gasteiger partial charge on any atom is -0.454 e. The molecular formula is C19H21N3O7S. The molecule has 0 aliphatic carbocycles. The highest BCUT2D eigenvalue weighted by atomic mass is 32.2. The van der Waals surface area contributed by atoms with Crippen molar-refractivity contribution < 1.29 is 27.0 Å².